The minimum atomic E-state index is -2.94. The number of hydrogen-bond acceptors (Lipinski definition) is 8. The summed E-state index contributed by atoms with van der Waals surface area (Å²) < 4.78 is 15.1. The van der Waals surface area contributed by atoms with Crippen molar-refractivity contribution in [3.05, 3.63) is 29.8 Å². The number of nitrogens with one attached hydrogen (secondary N) is 4. The number of rotatable bonds is 15. The van der Waals surface area contributed by atoms with E-state index in [1.807, 2.05) is 0 Å². The van der Waals surface area contributed by atoms with Crippen molar-refractivity contribution in [3.8, 4) is 0 Å². The second kappa shape index (κ2) is 15.8. The number of carbonyl (C=O) groups is 4. The first-order valence-corrected chi connectivity index (χ1v) is 12.3. The van der Waals surface area contributed by atoms with Gasteiger partial charge in [-0.2, -0.15) is 0 Å². The Bertz CT molecular complexity index is 914. The van der Waals surface area contributed by atoms with Crippen molar-refractivity contribution >= 4 is 37.7 Å². The number of aliphatic hydroxyl groups is 1. The summed E-state index contributed by atoms with van der Waals surface area (Å²) in [7, 11) is -2.94. The number of primary amides is 1. The van der Waals surface area contributed by atoms with Crippen LogP contribution in [0.1, 0.15) is 32.3 Å². The third-order valence-corrected chi connectivity index (χ3v) is 5.32. The van der Waals surface area contributed by atoms with Crippen molar-refractivity contribution in [1.29, 1.82) is 0 Å². The predicted molar refractivity (Wildman–Crippen MR) is 130 cm³/mol. The highest BCUT2D eigenvalue weighted by atomic mass is 31.1. The van der Waals surface area contributed by atoms with Crippen LogP contribution < -0.4 is 32.7 Å². The van der Waals surface area contributed by atoms with Crippen molar-refractivity contribution in [2.75, 3.05) is 18.5 Å². The van der Waals surface area contributed by atoms with Gasteiger partial charge in [-0.3, -0.25) is 14.4 Å². The van der Waals surface area contributed by atoms with E-state index in [1.165, 1.54) is 0 Å². The smallest absolute Gasteiger partial charge is 0.392 e. The molecule has 4 atom stereocenters. The van der Waals surface area contributed by atoms with Crippen LogP contribution in [0.3, 0.4) is 0 Å². The molecule has 0 aromatic heterocycles. The van der Waals surface area contributed by atoms with Gasteiger partial charge in [-0.15, -0.1) is 9.42 Å². The first-order chi connectivity index (χ1) is 16.9. The zero-order valence-corrected chi connectivity index (χ0v) is 21.0. The molecule has 0 fully saturated rings. The zero-order valence-electron chi connectivity index (χ0n) is 20.1. The fourth-order valence-corrected chi connectivity index (χ4v) is 3.27. The molecule has 0 bridgehead atoms. The Kier molecular flexibility index (Phi) is 13.5. The third-order valence-electron chi connectivity index (χ3n) is 4.95. The lowest BCUT2D eigenvalue weighted by atomic mass is 10.0. The lowest BCUT2D eigenvalue weighted by molar-refractivity contribution is -0.132. The molecular weight excluding hydrogens is 495 g/mol. The van der Waals surface area contributed by atoms with Crippen LogP contribution in [0.4, 0.5) is 10.5 Å². The lowest BCUT2D eigenvalue weighted by Gasteiger charge is -2.26. The number of amides is 5. The topological polar surface area (TPSA) is 235 Å². The molecule has 15 heteroatoms. The van der Waals surface area contributed by atoms with E-state index in [0.29, 0.717) is 17.7 Å². The average Bonchev–Trinajstić information content (AvgIpc) is 2.82. The molecule has 0 radical (unpaired) electrons. The summed E-state index contributed by atoms with van der Waals surface area (Å²) in [6.07, 6.45) is 0.452. The van der Waals surface area contributed by atoms with E-state index in [4.69, 9.17) is 21.5 Å². The molecule has 1 aromatic rings. The molecule has 0 heterocycles. The van der Waals surface area contributed by atoms with Crippen LogP contribution in [-0.2, 0) is 30.1 Å². The van der Waals surface area contributed by atoms with Gasteiger partial charge in [-0.25, -0.2) is 4.79 Å². The summed E-state index contributed by atoms with van der Waals surface area (Å²) in [5.74, 6) is -2.37. The largest absolute Gasteiger partial charge is 0.694 e. The van der Waals surface area contributed by atoms with E-state index in [0.717, 1.165) is 0 Å². The van der Waals surface area contributed by atoms with Crippen molar-refractivity contribution in [1.82, 2.24) is 16.0 Å². The highest BCUT2D eigenvalue weighted by Crippen LogP contribution is 2.14. The summed E-state index contributed by atoms with van der Waals surface area (Å²) in [5.41, 5.74) is 11.8. The Morgan fingerprint density at radius 2 is 1.69 bits per heavy atom. The number of benzene rings is 1. The van der Waals surface area contributed by atoms with Crippen LogP contribution in [0.25, 0.3) is 0 Å². The maximum absolute atomic E-state index is 13.0. The van der Waals surface area contributed by atoms with Gasteiger partial charge >= 0.3 is 14.3 Å². The van der Waals surface area contributed by atoms with E-state index in [-0.39, 0.29) is 19.6 Å². The second-order valence-electron chi connectivity index (χ2n) is 8.21. The molecule has 5 amide bonds. The first-order valence-electron chi connectivity index (χ1n) is 11.1. The maximum Gasteiger partial charge on any atom is 0.694 e. The van der Waals surface area contributed by atoms with Crippen molar-refractivity contribution in [2.45, 2.75) is 51.4 Å². The molecule has 14 nitrogen and oxygen atoms in total. The Balaban J connectivity index is 2.92. The first kappa shape index (κ1) is 30.9. The summed E-state index contributed by atoms with van der Waals surface area (Å²) >= 11 is 0. The Morgan fingerprint density at radius 3 is 2.22 bits per heavy atom. The molecule has 0 saturated heterocycles. The number of urea groups is 1. The Hall–Kier alpha value is -3.16. The Labute approximate surface area is 209 Å². The highest BCUT2D eigenvalue weighted by Gasteiger charge is 2.31. The SMILES string of the molecule is CC(C)[C@H](NC(=O)[C@H](N)CO[P+](=O)O)C(=O)N[C@@H](CCCNC(N)=O)C(=O)Nc1ccc(CO)cc1. The number of hydrogen-bond donors (Lipinski definition) is 8. The van der Waals surface area contributed by atoms with Gasteiger partial charge in [0, 0.05) is 16.8 Å². The molecule has 0 aliphatic carbocycles. The highest BCUT2D eigenvalue weighted by molar-refractivity contribution is 7.32. The maximum atomic E-state index is 13.0. The van der Waals surface area contributed by atoms with Crippen molar-refractivity contribution in [3.63, 3.8) is 0 Å². The van der Waals surface area contributed by atoms with Crippen LogP contribution in [0.15, 0.2) is 24.3 Å². The van der Waals surface area contributed by atoms with Gasteiger partial charge in [0.15, 0.2) is 0 Å². The molecule has 0 aliphatic rings. The summed E-state index contributed by atoms with van der Waals surface area (Å²) in [6, 6.07) is 2.32. The summed E-state index contributed by atoms with van der Waals surface area (Å²) in [4.78, 5) is 57.9. The molecule has 0 aliphatic heterocycles. The average molecular weight is 530 g/mol. The molecule has 0 spiro atoms. The number of nitrogens with two attached hydrogens (primary N) is 2. The van der Waals surface area contributed by atoms with Crippen molar-refractivity contribution < 1.29 is 38.3 Å². The van der Waals surface area contributed by atoms with Crippen LogP contribution in [0.5, 0.6) is 0 Å². The monoisotopic (exact) mass is 529 g/mol. The lowest BCUT2D eigenvalue weighted by Crippen LogP contribution is -2.57. The molecule has 200 valence electrons. The van der Waals surface area contributed by atoms with E-state index < -0.39 is 62.7 Å². The molecule has 1 aromatic carbocycles. The predicted octanol–water partition coefficient (Wildman–Crippen LogP) is -0.815. The standard InChI is InChI=1S/C21H33N6O8P/c1-12(2)17(27-18(29)15(22)11-35-36(33)34)20(31)26-16(4-3-9-24-21(23)32)19(30)25-14-7-5-13(10-28)6-8-14/h5-8,12,15-17,28H,3-4,9-11,22H2,1-2H3,(H6-,23,24,25,26,27,29,30,31,32,33,34)/p+1/t15-,16+,17+/m1/s1. The molecule has 10 N–H and O–H groups in total. The van der Waals surface area contributed by atoms with Crippen LogP contribution >= 0.6 is 8.25 Å². The molecule has 1 rings (SSSR count). The zero-order chi connectivity index (χ0) is 27.3. The minimum Gasteiger partial charge on any atom is -0.392 e. The third kappa shape index (κ3) is 11.5. The number of anilines is 1. The number of aliphatic hydroxyl groups excluding tert-OH is 1. The van der Waals surface area contributed by atoms with Gasteiger partial charge in [-0.1, -0.05) is 26.0 Å². The van der Waals surface area contributed by atoms with Gasteiger partial charge in [0.05, 0.1) is 6.61 Å². The van der Waals surface area contributed by atoms with Gasteiger partial charge < -0.3 is 37.8 Å². The summed E-state index contributed by atoms with van der Waals surface area (Å²) in [6.45, 7) is 2.83. The van der Waals surface area contributed by atoms with E-state index in [9.17, 15) is 23.7 Å². The fourth-order valence-electron chi connectivity index (χ4n) is 2.99. The second-order valence-corrected chi connectivity index (χ2v) is 8.94. The number of carbonyl (C=O) groups excluding carboxylic acids is 4. The molecular formula is C21H34N6O8P+. The molecule has 1 unspecified atom stereocenters. The molecule has 0 saturated carbocycles. The Morgan fingerprint density at radius 1 is 1.06 bits per heavy atom. The van der Waals surface area contributed by atoms with Gasteiger partial charge in [0.2, 0.25) is 17.7 Å². The van der Waals surface area contributed by atoms with E-state index >= 15 is 0 Å². The van der Waals surface area contributed by atoms with Gasteiger partial charge in [-0.05, 0) is 36.5 Å². The van der Waals surface area contributed by atoms with Gasteiger partial charge in [0.1, 0.15) is 24.7 Å². The molecule has 36 heavy (non-hydrogen) atoms. The fraction of sp³-hybridized carbons (Fsp3) is 0.524. The van der Waals surface area contributed by atoms with Gasteiger partial charge in [0.25, 0.3) is 0 Å². The van der Waals surface area contributed by atoms with Crippen LogP contribution in [-0.4, -0.2) is 65.0 Å². The minimum absolute atomic E-state index is 0.141. The quantitative estimate of drug-likeness (QED) is 0.105. The van der Waals surface area contributed by atoms with Crippen LogP contribution in [0.2, 0.25) is 0 Å². The summed E-state index contributed by atoms with van der Waals surface area (Å²) in [5, 5.41) is 19.3. The van der Waals surface area contributed by atoms with Crippen molar-refractivity contribution in [2.24, 2.45) is 17.4 Å². The van der Waals surface area contributed by atoms with Crippen LogP contribution in [0, 0.1) is 5.92 Å². The van der Waals surface area contributed by atoms with E-state index in [1.54, 1.807) is 38.1 Å². The normalized spacial score (nSPS) is 13.8. The van der Waals surface area contributed by atoms with E-state index in [2.05, 4.69) is 25.8 Å².